The third-order valence-electron chi connectivity index (χ3n) is 1.54. The molecule has 1 aromatic rings. The molecule has 0 aliphatic heterocycles. The van der Waals surface area contributed by atoms with Crippen LogP contribution in [0.15, 0.2) is 17.4 Å². The molecule has 0 unspecified atom stereocenters. The maximum Gasteiger partial charge on any atom is 0.303 e. The van der Waals surface area contributed by atoms with E-state index < -0.39 is 5.97 Å². The average molecular weight is 212 g/mol. The smallest absolute Gasteiger partial charge is 0.303 e. The first-order valence-corrected chi connectivity index (χ1v) is 5.31. The molecule has 1 heterocycles. The summed E-state index contributed by atoms with van der Waals surface area (Å²) in [7, 11) is 0. The monoisotopic (exact) mass is 212 g/mol. The Labute approximate surface area is 86.8 Å². The summed E-state index contributed by atoms with van der Waals surface area (Å²) < 4.78 is 0. The fourth-order valence-electron chi connectivity index (χ4n) is 0.882. The molecule has 0 fully saturated rings. The van der Waals surface area contributed by atoms with Crippen molar-refractivity contribution < 1.29 is 9.90 Å². The highest BCUT2D eigenvalue weighted by atomic mass is 32.2. The van der Waals surface area contributed by atoms with Crippen molar-refractivity contribution in [2.45, 2.75) is 24.9 Å². The van der Waals surface area contributed by atoms with Crippen molar-refractivity contribution in [1.82, 2.24) is 9.97 Å². The minimum atomic E-state index is -0.754. The topological polar surface area (TPSA) is 63.1 Å². The van der Waals surface area contributed by atoms with Gasteiger partial charge in [-0.3, -0.25) is 4.79 Å². The Kier molecular flexibility index (Phi) is 4.39. The first-order chi connectivity index (χ1) is 6.68. The number of thioether (sulfide) groups is 1. The first kappa shape index (κ1) is 11.0. The van der Waals surface area contributed by atoms with Crippen molar-refractivity contribution in [3.63, 3.8) is 0 Å². The summed E-state index contributed by atoms with van der Waals surface area (Å²) in [5.41, 5.74) is 0.931. The van der Waals surface area contributed by atoms with Crippen LogP contribution in [0.2, 0.25) is 0 Å². The lowest BCUT2D eigenvalue weighted by Gasteiger charge is -1.98. The van der Waals surface area contributed by atoms with E-state index in [9.17, 15) is 4.79 Å². The summed E-state index contributed by atoms with van der Waals surface area (Å²) in [6.07, 6.45) is 2.57. The Morgan fingerprint density at radius 2 is 2.43 bits per heavy atom. The number of aromatic nitrogens is 2. The number of aryl methyl sites for hydroxylation is 1. The zero-order valence-corrected chi connectivity index (χ0v) is 8.75. The van der Waals surface area contributed by atoms with E-state index in [1.807, 2.05) is 13.0 Å². The standard InChI is InChI=1S/C9H12N2O2S/c1-7-4-5-10-9(11-7)14-6-2-3-8(12)13/h4-5H,2-3,6H2,1H3,(H,12,13). The van der Waals surface area contributed by atoms with Crippen LogP contribution in [0.5, 0.6) is 0 Å². The summed E-state index contributed by atoms with van der Waals surface area (Å²) in [5.74, 6) is -0.00814. The number of rotatable bonds is 5. The number of aliphatic carboxylic acids is 1. The molecule has 0 aliphatic rings. The highest BCUT2D eigenvalue weighted by molar-refractivity contribution is 7.99. The predicted molar refractivity (Wildman–Crippen MR) is 54.4 cm³/mol. The van der Waals surface area contributed by atoms with Gasteiger partial charge >= 0.3 is 5.97 Å². The second-order valence-electron chi connectivity index (χ2n) is 2.83. The van der Waals surface area contributed by atoms with E-state index in [1.165, 1.54) is 11.8 Å². The number of hydrogen-bond acceptors (Lipinski definition) is 4. The van der Waals surface area contributed by atoms with E-state index in [0.717, 1.165) is 16.6 Å². The van der Waals surface area contributed by atoms with Gasteiger partial charge in [0.15, 0.2) is 5.16 Å². The third kappa shape index (κ3) is 4.23. The van der Waals surface area contributed by atoms with Crippen LogP contribution in [0.1, 0.15) is 18.5 Å². The molecule has 0 bridgehead atoms. The molecule has 4 nitrogen and oxygen atoms in total. The number of carboxylic acid groups (broad SMARTS) is 1. The van der Waals surface area contributed by atoms with Crippen molar-refractivity contribution in [3.8, 4) is 0 Å². The maximum atomic E-state index is 10.2. The fraction of sp³-hybridized carbons (Fsp3) is 0.444. The van der Waals surface area contributed by atoms with Gasteiger partial charge in [0.2, 0.25) is 0 Å². The van der Waals surface area contributed by atoms with E-state index >= 15 is 0 Å². The highest BCUT2D eigenvalue weighted by Crippen LogP contribution is 2.13. The van der Waals surface area contributed by atoms with Crippen LogP contribution in [0, 0.1) is 6.92 Å². The zero-order chi connectivity index (χ0) is 10.4. The Morgan fingerprint density at radius 3 is 3.07 bits per heavy atom. The molecule has 1 rings (SSSR count). The molecular formula is C9H12N2O2S. The highest BCUT2D eigenvalue weighted by Gasteiger charge is 2.00. The van der Waals surface area contributed by atoms with Crippen molar-refractivity contribution in [1.29, 1.82) is 0 Å². The van der Waals surface area contributed by atoms with Gasteiger partial charge in [-0.25, -0.2) is 9.97 Å². The number of carboxylic acids is 1. The van der Waals surface area contributed by atoms with Crippen molar-refractivity contribution >= 4 is 17.7 Å². The van der Waals surface area contributed by atoms with Gasteiger partial charge in [-0.15, -0.1) is 0 Å². The molecule has 0 spiro atoms. The van der Waals surface area contributed by atoms with Gasteiger partial charge in [-0.05, 0) is 19.4 Å². The maximum absolute atomic E-state index is 10.2. The second kappa shape index (κ2) is 5.59. The lowest BCUT2D eigenvalue weighted by Crippen LogP contribution is -1.96. The van der Waals surface area contributed by atoms with Gasteiger partial charge < -0.3 is 5.11 Å². The van der Waals surface area contributed by atoms with E-state index in [4.69, 9.17) is 5.11 Å². The minimum Gasteiger partial charge on any atom is -0.481 e. The Bertz CT molecular complexity index is 317. The van der Waals surface area contributed by atoms with E-state index in [0.29, 0.717) is 6.42 Å². The van der Waals surface area contributed by atoms with Crippen LogP contribution in [0.3, 0.4) is 0 Å². The molecule has 0 saturated carbocycles. The Balaban J connectivity index is 2.28. The first-order valence-electron chi connectivity index (χ1n) is 4.33. The summed E-state index contributed by atoms with van der Waals surface area (Å²) in [6.45, 7) is 1.91. The van der Waals surface area contributed by atoms with Crippen LogP contribution in [-0.2, 0) is 4.79 Å². The van der Waals surface area contributed by atoms with E-state index in [-0.39, 0.29) is 6.42 Å². The van der Waals surface area contributed by atoms with Crippen LogP contribution >= 0.6 is 11.8 Å². The molecule has 0 aromatic carbocycles. The molecular weight excluding hydrogens is 200 g/mol. The number of carbonyl (C=O) groups is 1. The van der Waals surface area contributed by atoms with Crippen molar-refractivity contribution in [3.05, 3.63) is 18.0 Å². The largest absolute Gasteiger partial charge is 0.481 e. The van der Waals surface area contributed by atoms with Crippen molar-refractivity contribution in [2.24, 2.45) is 0 Å². The van der Waals surface area contributed by atoms with Crippen LogP contribution in [-0.4, -0.2) is 26.8 Å². The fourth-order valence-corrected chi connectivity index (χ4v) is 1.70. The summed E-state index contributed by atoms with van der Waals surface area (Å²) in [5, 5.41) is 9.13. The number of hydrogen-bond donors (Lipinski definition) is 1. The normalized spacial score (nSPS) is 10.1. The van der Waals surface area contributed by atoms with Crippen LogP contribution < -0.4 is 0 Å². The molecule has 1 N–H and O–H groups in total. The SMILES string of the molecule is Cc1ccnc(SCCCC(=O)O)n1. The molecule has 1 aromatic heterocycles. The predicted octanol–water partition coefficient (Wildman–Crippen LogP) is 1.74. The van der Waals surface area contributed by atoms with Crippen LogP contribution in [0.4, 0.5) is 0 Å². The molecule has 0 amide bonds. The van der Waals surface area contributed by atoms with Crippen LogP contribution in [0.25, 0.3) is 0 Å². The molecule has 76 valence electrons. The summed E-state index contributed by atoms with van der Waals surface area (Å²) in [6, 6.07) is 1.83. The Morgan fingerprint density at radius 1 is 1.64 bits per heavy atom. The zero-order valence-electron chi connectivity index (χ0n) is 7.93. The summed E-state index contributed by atoms with van der Waals surface area (Å²) in [4.78, 5) is 18.5. The van der Waals surface area contributed by atoms with Gasteiger partial charge in [0.05, 0.1) is 0 Å². The Hall–Kier alpha value is -1.10. The molecule has 0 aliphatic carbocycles. The van der Waals surface area contributed by atoms with Gasteiger partial charge in [-0.2, -0.15) is 0 Å². The molecule has 0 saturated heterocycles. The van der Waals surface area contributed by atoms with Gasteiger partial charge in [0, 0.05) is 24.1 Å². The summed E-state index contributed by atoms with van der Waals surface area (Å²) >= 11 is 1.49. The molecule has 0 radical (unpaired) electrons. The molecule has 0 atom stereocenters. The average Bonchev–Trinajstić information content (AvgIpc) is 2.12. The third-order valence-corrected chi connectivity index (χ3v) is 2.49. The van der Waals surface area contributed by atoms with Crippen molar-refractivity contribution in [2.75, 3.05) is 5.75 Å². The minimum absolute atomic E-state index is 0.207. The van der Waals surface area contributed by atoms with Gasteiger partial charge in [0.25, 0.3) is 0 Å². The lowest BCUT2D eigenvalue weighted by molar-refractivity contribution is -0.137. The van der Waals surface area contributed by atoms with Gasteiger partial charge in [0.1, 0.15) is 0 Å². The lowest BCUT2D eigenvalue weighted by atomic mass is 10.3. The van der Waals surface area contributed by atoms with E-state index in [1.54, 1.807) is 6.20 Å². The van der Waals surface area contributed by atoms with E-state index in [2.05, 4.69) is 9.97 Å². The number of nitrogens with zero attached hydrogens (tertiary/aromatic N) is 2. The van der Waals surface area contributed by atoms with Gasteiger partial charge in [-0.1, -0.05) is 11.8 Å². The quantitative estimate of drug-likeness (QED) is 0.457. The molecule has 14 heavy (non-hydrogen) atoms. The molecule has 5 heteroatoms. The second-order valence-corrected chi connectivity index (χ2v) is 3.89.